The molecule has 108 valence electrons. The maximum absolute atomic E-state index is 11.7. The molecule has 0 atom stereocenters. The van der Waals surface area contributed by atoms with E-state index in [1.54, 1.807) is 13.0 Å². The van der Waals surface area contributed by atoms with Gasteiger partial charge < -0.3 is 14.4 Å². The highest BCUT2D eigenvalue weighted by atomic mass is 16.5. The molecule has 2 aliphatic rings. The van der Waals surface area contributed by atoms with Crippen molar-refractivity contribution in [2.24, 2.45) is 5.41 Å². The molecular weight excluding hydrogens is 256 g/mol. The molecule has 0 radical (unpaired) electrons. The minimum atomic E-state index is -0.351. The van der Waals surface area contributed by atoms with Gasteiger partial charge in [-0.25, -0.2) is 9.78 Å². The van der Waals surface area contributed by atoms with Crippen molar-refractivity contribution in [3.8, 4) is 0 Å². The first kappa shape index (κ1) is 13.4. The first-order valence-electron chi connectivity index (χ1n) is 7.19. The van der Waals surface area contributed by atoms with Crippen LogP contribution in [-0.2, 0) is 9.47 Å². The van der Waals surface area contributed by atoms with Crippen molar-refractivity contribution < 1.29 is 14.3 Å². The molecule has 1 aromatic heterocycles. The SMILES string of the molecule is CCOC(=O)c1cccc(N2CC3(CCOCC3)C2)n1. The van der Waals surface area contributed by atoms with Gasteiger partial charge in [0.2, 0.25) is 0 Å². The molecule has 3 heterocycles. The molecule has 2 aliphatic heterocycles. The normalized spacial score (nSPS) is 20.6. The summed E-state index contributed by atoms with van der Waals surface area (Å²) in [7, 11) is 0. The molecule has 1 spiro atoms. The number of hydrogen-bond acceptors (Lipinski definition) is 5. The predicted octanol–water partition coefficient (Wildman–Crippen LogP) is 1.88. The Labute approximate surface area is 118 Å². The zero-order chi connectivity index (χ0) is 14.0. The highest BCUT2D eigenvalue weighted by Gasteiger charge is 2.44. The third kappa shape index (κ3) is 2.50. The van der Waals surface area contributed by atoms with Crippen molar-refractivity contribution in [1.82, 2.24) is 4.98 Å². The topological polar surface area (TPSA) is 51.7 Å². The molecule has 0 aliphatic carbocycles. The third-order valence-corrected chi connectivity index (χ3v) is 4.15. The Morgan fingerprint density at radius 2 is 2.15 bits per heavy atom. The van der Waals surface area contributed by atoms with Crippen molar-refractivity contribution in [1.29, 1.82) is 0 Å². The second-order valence-electron chi connectivity index (χ2n) is 5.57. The molecule has 0 aromatic carbocycles. The van der Waals surface area contributed by atoms with Crippen LogP contribution in [0.5, 0.6) is 0 Å². The Hall–Kier alpha value is -1.62. The van der Waals surface area contributed by atoms with Crippen molar-refractivity contribution in [3.05, 3.63) is 23.9 Å². The molecule has 0 unspecified atom stereocenters. The molecule has 2 saturated heterocycles. The number of esters is 1. The van der Waals surface area contributed by atoms with Crippen LogP contribution < -0.4 is 4.90 Å². The highest BCUT2D eigenvalue weighted by Crippen LogP contribution is 2.41. The molecule has 1 aromatic rings. The van der Waals surface area contributed by atoms with Gasteiger partial charge in [-0.3, -0.25) is 0 Å². The number of rotatable bonds is 3. The van der Waals surface area contributed by atoms with Crippen LogP contribution in [0.2, 0.25) is 0 Å². The van der Waals surface area contributed by atoms with Gasteiger partial charge in [-0.2, -0.15) is 0 Å². The lowest BCUT2D eigenvalue weighted by molar-refractivity contribution is -0.000462. The summed E-state index contributed by atoms with van der Waals surface area (Å²) in [5.41, 5.74) is 0.789. The number of nitrogens with zero attached hydrogens (tertiary/aromatic N) is 2. The van der Waals surface area contributed by atoms with Gasteiger partial charge in [0.05, 0.1) is 6.61 Å². The summed E-state index contributed by atoms with van der Waals surface area (Å²) in [5, 5.41) is 0. The van der Waals surface area contributed by atoms with Crippen LogP contribution in [0, 0.1) is 5.41 Å². The van der Waals surface area contributed by atoms with Crippen molar-refractivity contribution in [3.63, 3.8) is 0 Å². The maximum atomic E-state index is 11.7. The summed E-state index contributed by atoms with van der Waals surface area (Å²) < 4.78 is 10.4. The molecule has 20 heavy (non-hydrogen) atoms. The van der Waals surface area contributed by atoms with Crippen LogP contribution in [0.4, 0.5) is 5.82 Å². The van der Waals surface area contributed by atoms with Crippen LogP contribution in [0.25, 0.3) is 0 Å². The fourth-order valence-corrected chi connectivity index (χ4v) is 2.96. The van der Waals surface area contributed by atoms with E-state index in [0.717, 1.165) is 45.0 Å². The number of anilines is 1. The summed E-state index contributed by atoms with van der Waals surface area (Å²) in [6.45, 7) is 5.92. The molecule has 0 saturated carbocycles. The summed E-state index contributed by atoms with van der Waals surface area (Å²) >= 11 is 0. The van der Waals surface area contributed by atoms with E-state index < -0.39 is 0 Å². The fraction of sp³-hybridized carbons (Fsp3) is 0.600. The first-order valence-corrected chi connectivity index (χ1v) is 7.19. The number of aromatic nitrogens is 1. The summed E-state index contributed by atoms with van der Waals surface area (Å²) in [6.07, 6.45) is 2.25. The molecule has 0 N–H and O–H groups in total. The Kier molecular flexibility index (Phi) is 3.61. The van der Waals surface area contributed by atoms with Crippen molar-refractivity contribution in [2.45, 2.75) is 19.8 Å². The van der Waals surface area contributed by atoms with E-state index in [0.29, 0.717) is 17.7 Å². The number of carbonyl (C=O) groups is 1. The fourth-order valence-electron chi connectivity index (χ4n) is 2.96. The average molecular weight is 276 g/mol. The van der Waals surface area contributed by atoms with Crippen LogP contribution in [-0.4, -0.2) is 43.9 Å². The average Bonchev–Trinajstić information content (AvgIpc) is 2.46. The molecule has 5 nitrogen and oxygen atoms in total. The number of ether oxygens (including phenoxy) is 2. The van der Waals surface area contributed by atoms with Gasteiger partial charge in [0.15, 0.2) is 5.69 Å². The first-order chi connectivity index (χ1) is 9.72. The third-order valence-electron chi connectivity index (χ3n) is 4.15. The van der Waals surface area contributed by atoms with Gasteiger partial charge in [-0.15, -0.1) is 0 Å². The van der Waals surface area contributed by atoms with E-state index in [2.05, 4.69) is 9.88 Å². The molecule has 0 amide bonds. The summed E-state index contributed by atoms with van der Waals surface area (Å²) in [5.74, 6) is 0.517. The van der Waals surface area contributed by atoms with E-state index in [-0.39, 0.29) is 5.97 Å². The van der Waals surface area contributed by atoms with Gasteiger partial charge in [0, 0.05) is 31.7 Å². The standard InChI is InChI=1S/C15H20N2O3/c1-2-20-14(18)12-4-3-5-13(16-12)17-10-15(11-17)6-8-19-9-7-15/h3-5H,2,6-11H2,1H3. The van der Waals surface area contributed by atoms with Gasteiger partial charge in [0.1, 0.15) is 5.82 Å². The minimum Gasteiger partial charge on any atom is -0.461 e. The second kappa shape index (κ2) is 5.40. The van der Waals surface area contributed by atoms with E-state index in [9.17, 15) is 4.79 Å². The maximum Gasteiger partial charge on any atom is 0.356 e. The lowest BCUT2D eigenvalue weighted by Crippen LogP contribution is -2.58. The van der Waals surface area contributed by atoms with Crippen LogP contribution in [0.1, 0.15) is 30.3 Å². The minimum absolute atomic E-state index is 0.351. The Morgan fingerprint density at radius 1 is 1.40 bits per heavy atom. The highest BCUT2D eigenvalue weighted by molar-refractivity contribution is 5.87. The van der Waals surface area contributed by atoms with Crippen LogP contribution in [0.3, 0.4) is 0 Å². The molecule has 3 rings (SSSR count). The van der Waals surface area contributed by atoms with E-state index >= 15 is 0 Å². The molecule has 2 fully saturated rings. The zero-order valence-electron chi connectivity index (χ0n) is 11.8. The van der Waals surface area contributed by atoms with Crippen LogP contribution >= 0.6 is 0 Å². The zero-order valence-corrected chi connectivity index (χ0v) is 11.8. The van der Waals surface area contributed by atoms with Gasteiger partial charge in [0.25, 0.3) is 0 Å². The number of pyridine rings is 1. The quantitative estimate of drug-likeness (QED) is 0.789. The smallest absolute Gasteiger partial charge is 0.356 e. The lowest BCUT2D eigenvalue weighted by Gasteiger charge is -2.52. The largest absolute Gasteiger partial charge is 0.461 e. The van der Waals surface area contributed by atoms with Crippen molar-refractivity contribution in [2.75, 3.05) is 37.8 Å². The van der Waals surface area contributed by atoms with Crippen LogP contribution in [0.15, 0.2) is 18.2 Å². The van der Waals surface area contributed by atoms with Gasteiger partial charge >= 0.3 is 5.97 Å². The summed E-state index contributed by atoms with van der Waals surface area (Å²) in [6, 6.07) is 5.52. The Bertz CT molecular complexity index is 490. The van der Waals surface area contributed by atoms with Gasteiger partial charge in [-0.1, -0.05) is 6.07 Å². The molecule has 5 heteroatoms. The van der Waals surface area contributed by atoms with E-state index in [4.69, 9.17) is 9.47 Å². The number of carbonyl (C=O) groups excluding carboxylic acids is 1. The molecular formula is C15H20N2O3. The predicted molar refractivity (Wildman–Crippen MR) is 74.9 cm³/mol. The molecule has 0 bridgehead atoms. The lowest BCUT2D eigenvalue weighted by atomic mass is 9.73. The Morgan fingerprint density at radius 3 is 2.85 bits per heavy atom. The monoisotopic (exact) mass is 276 g/mol. The van der Waals surface area contributed by atoms with E-state index in [1.807, 2.05) is 12.1 Å². The Balaban J connectivity index is 1.67. The van der Waals surface area contributed by atoms with E-state index in [1.165, 1.54) is 0 Å². The summed E-state index contributed by atoms with van der Waals surface area (Å²) in [4.78, 5) is 18.3. The van der Waals surface area contributed by atoms with Crippen molar-refractivity contribution >= 4 is 11.8 Å². The number of hydrogen-bond donors (Lipinski definition) is 0. The van der Waals surface area contributed by atoms with Gasteiger partial charge in [-0.05, 0) is 31.9 Å². The second-order valence-corrected chi connectivity index (χ2v) is 5.57.